The second-order valence-electron chi connectivity index (χ2n) is 8.94. The second-order valence-corrected chi connectivity index (χ2v) is 9.34. The van der Waals surface area contributed by atoms with E-state index < -0.39 is 0 Å². The first kappa shape index (κ1) is 23.2. The summed E-state index contributed by atoms with van der Waals surface area (Å²) in [5.74, 6) is 1.33. The van der Waals surface area contributed by atoms with Crippen molar-refractivity contribution in [3.8, 4) is 11.5 Å². The number of halogens is 1. The number of ether oxygens (including phenoxy) is 1. The molecule has 1 N–H and O–H groups in total. The van der Waals surface area contributed by atoms with Crippen LogP contribution in [0, 0.1) is 5.92 Å². The molecule has 168 valence electrons. The van der Waals surface area contributed by atoms with Crippen LogP contribution in [0.2, 0.25) is 5.02 Å². The number of amides is 1. The van der Waals surface area contributed by atoms with Crippen LogP contribution >= 0.6 is 11.6 Å². The molecule has 1 amide bonds. The second kappa shape index (κ2) is 10.7. The van der Waals surface area contributed by atoms with Crippen molar-refractivity contribution in [2.24, 2.45) is 5.92 Å². The molecule has 1 aromatic carbocycles. The van der Waals surface area contributed by atoms with Crippen LogP contribution in [0.3, 0.4) is 0 Å². The zero-order valence-corrected chi connectivity index (χ0v) is 19.3. The largest absolute Gasteiger partial charge is 0.504 e. The van der Waals surface area contributed by atoms with Crippen LogP contribution in [0.15, 0.2) is 12.1 Å². The molecule has 3 rings (SSSR count). The van der Waals surface area contributed by atoms with Gasteiger partial charge in [0.25, 0.3) is 0 Å². The number of carbonyl (C=O) groups excluding carboxylic acids is 1. The van der Waals surface area contributed by atoms with Crippen LogP contribution < -0.4 is 4.74 Å². The molecule has 0 spiro atoms. The number of methoxy groups -OCH3 is 1. The third kappa shape index (κ3) is 6.02. The summed E-state index contributed by atoms with van der Waals surface area (Å²) in [5, 5.41) is 10.4. The Hall–Kier alpha value is -1.50. The highest BCUT2D eigenvalue weighted by molar-refractivity contribution is 6.31. The minimum atomic E-state index is 0.0648. The normalized spacial score (nSPS) is 21.5. The molecule has 6 nitrogen and oxygen atoms in total. The van der Waals surface area contributed by atoms with Gasteiger partial charge in [0.15, 0.2) is 11.5 Å². The lowest BCUT2D eigenvalue weighted by Gasteiger charge is -2.36. The van der Waals surface area contributed by atoms with Crippen molar-refractivity contribution in [3.63, 3.8) is 0 Å². The van der Waals surface area contributed by atoms with Crippen molar-refractivity contribution in [2.45, 2.75) is 51.1 Å². The summed E-state index contributed by atoms with van der Waals surface area (Å²) in [4.78, 5) is 19.5. The molecule has 0 saturated carbocycles. The number of hydrogen-bond donors (Lipinski definition) is 1. The summed E-state index contributed by atoms with van der Waals surface area (Å²) in [6, 6.07) is 3.76. The highest BCUT2D eigenvalue weighted by Gasteiger charge is 2.26. The fourth-order valence-electron chi connectivity index (χ4n) is 4.73. The van der Waals surface area contributed by atoms with Gasteiger partial charge in [0.2, 0.25) is 5.91 Å². The van der Waals surface area contributed by atoms with Gasteiger partial charge in [-0.2, -0.15) is 0 Å². The summed E-state index contributed by atoms with van der Waals surface area (Å²) in [7, 11) is 5.67. The summed E-state index contributed by atoms with van der Waals surface area (Å²) in [5.41, 5.74) is 0.963. The van der Waals surface area contributed by atoms with Gasteiger partial charge >= 0.3 is 0 Å². The molecule has 0 unspecified atom stereocenters. The standard InChI is InChI=1S/C23H36ClN3O3/c1-25-11-8-19(9-12-25)26(2)23(29)7-6-17-5-4-10-27(15-17)16-18-13-22(30-3)21(28)14-20(18)24/h13-14,17,19,28H,4-12,15-16H2,1-3H3/t17-/m1/s1. The van der Waals surface area contributed by atoms with E-state index in [1.807, 2.05) is 18.0 Å². The lowest BCUT2D eigenvalue weighted by Crippen LogP contribution is -2.44. The number of rotatable bonds is 7. The van der Waals surface area contributed by atoms with Gasteiger partial charge in [0.05, 0.1) is 7.11 Å². The number of benzene rings is 1. The minimum Gasteiger partial charge on any atom is -0.504 e. The van der Waals surface area contributed by atoms with Crippen molar-refractivity contribution in [3.05, 3.63) is 22.7 Å². The van der Waals surface area contributed by atoms with Gasteiger partial charge < -0.3 is 19.6 Å². The smallest absolute Gasteiger partial charge is 0.222 e. The maximum absolute atomic E-state index is 12.7. The van der Waals surface area contributed by atoms with E-state index >= 15 is 0 Å². The van der Waals surface area contributed by atoms with Gasteiger partial charge in [-0.3, -0.25) is 9.69 Å². The van der Waals surface area contributed by atoms with Crippen LogP contribution in [-0.4, -0.2) is 79.1 Å². The number of phenolic OH excluding ortho intramolecular Hbond substituents is 1. The number of phenols is 1. The molecule has 2 aliphatic heterocycles. The Labute approximate surface area is 185 Å². The van der Waals surface area contributed by atoms with Crippen molar-refractivity contribution in [1.82, 2.24) is 14.7 Å². The van der Waals surface area contributed by atoms with E-state index in [-0.39, 0.29) is 11.7 Å². The minimum absolute atomic E-state index is 0.0648. The highest BCUT2D eigenvalue weighted by Crippen LogP contribution is 2.33. The quantitative estimate of drug-likeness (QED) is 0.706. The summed E-state index contributed by atoms with van der Waals surface area (Å²) in [6.45, 7) is 4.88. The molecule has 0 bridgehead atoms. The van der Waals surface area contributed by atoms with Crippen LogP contribution in [-0.2, 0) is 11.3 Å². The van der Waals surface area contributed by atoms with Gasteiger partial charge in [-0.05, 0) is 76.3 Å². The summed E-state index contributed by atoms with van der Waals surface area (Å²) in [6.07, 6.45) is 6.04. The number of nitrogens with zero attached hydrogens (tertiary/aromatic N) is 3. The SMILES string of the molecule is COc1cc(CN2CCC[C@H](CCC(=O)N(C)C3CCN(C)CC3)C2)c(Cl)cc1O. The van der Waals surface area contributed by atoms with Crippen LogP contribution in [0.4, 0.5) is 0 Å². The molecule has 30 heavy (non-hydrogen) atoms. The molecule has 0 radical (unpaired) electrons. The van der Waals surface area contributed by atoms with Gasteiger partial charge in [-0.25, -0.2) is 0 Å². The van der Waals surface area contributed by atoms with E-state index in [9.17, 15) is 9.90 Å². The van der Waals surface area contributed by atoms with Crippen molar-refractivity contribution >= 4 is 17.5 Å². The predicted octanol–water partition coefficient (Wildman–Crippen LogP) is 3.60. The number of hydrogen-bond acceptors (Lipinski definition) is 5. The first-order valence-corrected chi connectivity index (χ1v) is 11.5. The monoisotopic (exact) mass is 437 g/mol. The van der Waals surface area contributed by atoms with E-state index in [1.54, 1.807) is 13.2 Å². The molecular formula is C23H36ClN3O3. The van der Waals surface area contributed by atoms with E-state index in [0.29, 0.717) is 29.2 Å². The van der Waals surface area contributed by atoms with E-state index in [1.165, 1.54) is 6.42 Å². The lowest BCUT2D eigenvalue weighted by molar-refractivity contribution is -0.133. The van der Waals surface area contributed by atoms with E-state index in [4.69, 9.17) is 16.3 Å². The van der Waals surface area contributed by atoms with Crippen LogP contribution in [0.5, 0.6) is 11.5 Å². The molecule has 1 atom stereocenters. The van der Waals surface area contributed by atoms with Crippen LogP contribution in [0.1, 0.15) is 44.1 Å². The van der Waals surface area contributed by atoms with Gasteiger partial charge in [0.1, 0.15) is 0 Å². The molecule has 7 heteroatoms. The fraction of sp³-hybridized carbons (Fsp3) is 0.696. The van der Waals surface area contributed by atoms with Crippen molar-refractivity contribution in [1.29, 1.82) is 0 Å². The molecule has 0 aliphatic carbocycles. The average Bonchev–Trinajstić information content (AvgIpc) is 2.74. The Morgan fingerprint density at radius 3 is 2.70 bits per heavy atom. The third-order valence-corrected chi connectivity index (χ3v) is 7.09. The first-order valence-electron chi connectivity index (χ1n) is 11.1. The maximum atomic E-state index is 12.7. The lowest BCUT2D eigenvalue weighted by atomic mass is 9.92. The predicted molar refractivity (Wildman–Crippen MR) is 120 cm³/mol. The average molecular weight is 438 g/mol. The highest BCUT2D eigenvalue weighted by atomic mass is 35.5. The zero-order valence-electron chi connectivity index (χ0n) is 18.6. The van der Waals surface area contributed by atoms with Crippen molar-refractivity contribution < 1.29 is 14.6 Å². The Kier molecular flexibility index (Phi) is 8.26. The fourth-order valence-corrected chi connectivity index (χ4v) is 4.95. The Balaban J connectivity index is 1.48. The molecule has 2 saturated heterocycles. The van der Waals surface area contributed by atoms with E-state index in [2.05, 4.69) is 16.8 Å². The molecule has 0 aromatic heterocycles. The van der Waals surface area contributed by atoms with Crippen LogP contribution in [0.25, 0.3) is 0 Å². The van der Waals surface area contributed by atoms with Gasteiger partial charge in [0, 0.05) is 43.7 Å². The molecule has 2 aliphatic rings. The van der Waals surface area contributed by atoms with Gasteiger partial charge in [-0.1, -0.05) is 11.6 Å². The van der Waals surface area contributed by atoms with Crippen molar-refractivity contribution in [2.75, 3.05) is 47.4 Å². The molecule has 2 fully saturated rings. The Bertz CT molecular complexity index is 722. The molecule has 2 heterocycles. The zero-order chi connectivity index (χ0) is 21.7. The Morgan fingerprint density at radius 1 is 1.27 bits per heavy atom. The molecular weight excluding hydrogens is 402 g/mol. The number of piperidine rings is 2. The number of carbonyl (C=O) groups is 1. The summed E-state index contributed by atoms with van der Waals surface area (Å²) >= 11 is 6.34. The number of likely N-dealkylation sites (tertiary alicyclic amines) is 2. The maximum Gasteiger partial charge on any atom is 0.222 e. The Morgan fingerprint density at radius 2 is 2.00 bits per heavy atom. The third-order valence-electron chi connectivity index (χ3n) is 6.74. The summed E-state index contributed by atoms with van der Waals surface area (Å²) < 4.78 is 5.22. The van der Waals surface area contributed by atoms with E-state index in [0.717, 1.165) is 64.0 Å². The topological polar surface area (TPSA) is 56.2 Å². The first-order chi connectivity index (χ1) is 14.4. The van der Waals surface area contributed by atoms with Gasteiger partial charge in [-0.15, -0.1) is 0 Å². The molecule has 1 aromatic rings. The number of aromatic hydroxyl groups is 1.